The lowest BCUT2D eigenvalue weighted by Crippen LogP contribution is -2.30. The van der Waals surface area contributed by atoms with E-state index in [1.807, 2.05) is 25.3 Å². The number of likely N-dealkylation sites (tertiary alicyclic amines) is 1. The van der Waals surface area contributed by atoms with E-state index >= 15 is 0 Å². The van der Waals surface area contributed by atoms with Crippen LogP contribution in [-0.4, -0.2) is 54.5 Å². The monoisotopic (exact) mass is 509 g/mol. The number of carbonyl (C=O) groups is 1. The fourth-order valence-corrected chi connectivity index (χ4v) is 5.37. The Balaban J connectivity index is 0.00000193. The number of anilines is 1. The maximum atomic E-state index is 12.2. The maximum absolute atomic E-state index is 12.2. The molecule has 0 aliphatic carbocycles. The summed E-state index contributed by atoms with van der Waals surface area (Å²) in [4.78, 5) is 25.0. The van der Waals surface area contributed by atoms with Crippen LogP contribution in [0.5, 0.6) is 0 Å². The topological polar surface area (TPSA) is 70.2 Å². The standard InChI is InChI=1S/C24H31N5OS.2ClH/c1-16-15-27-24(26-11-5-6-17-9-12-29(3)13-10-17)28-22(16)21-14-19-18(23(30)25-2)7-4-8-20(19)31-21;;/h4,7-8,14-15,17H,5-6,9-13H2,1-3H3,(H,25,30)(H,26,27,28);2*1H. The van der Waals surface area contributed by atoms with Gasteiger partial charge < -0.3 is 15.5 Å². The number of nitrogens with zero attached hydrogens (tertiary/aromatic N) is 3. The molecule has 0 unspecified atom stereocenters. The smallest absolute Gasteiger partial charge is 0.251 e. The van der Waals surface area contributed by atoms with Crippen molar-refractivity contribution in [3.8, 4) is 10.6 Å². The number of nitrogens with one attached hydrogen (secondary N) is 2. The number of aromatic nitrogens is 2. The average Bonchev–Trinajstić information content (AvgIpc) is 3.22. The van der Waals surface area contributed by atoms with Crippen LogP contribution in [0.15, 0.2) is 30.5 Å². The van der Waals surface area contributed by atoms with Crippen LogP contribution in [0.2, 0.25) is 0 Å². The number of halogens is 2. The van der Waals surface area contributed by atoms with E-state index in [9.17, 15) is 4.79 Å². The summed E-state index contributed by atoms with van der Waals surface area (Å²) in [6.07, 6.45) is 6.90. The zero-order valence-electron chi connectivity index (χ0n) is 19.4. The molecule has 1 aromatic carbocycles. The molecule has 0 spiro atoms. The number of benzene rings is 1. The lowest BCUT2D eigenvalue weighted by atomic mass is 9.92. The number of rotatable bonds is 7. The number of hydrogen-bond acceptors (Lipinski definition) is 6. The van der Waals surface area contributed by atoms with Gasteiger partial charge in [-0.3, -0.25) is 4.79 Å². The van der Waals surface area contributed by atoms with Crippen molar-refractivity contribution in [3.05, 3.63) is 41.6 Å². The molecular formula is C24H33Cl2N5OS. The Morgan fingerprint density at radius 1 is 1.24 bits per heavy atom. The van der Waals surface area contributed by atoms with E-state index in [1.54, 1.807) is 18.4 Å². The molecule has 0 saturated carbocycles. The highest BCUT2D eigenvalue weighted by Gasteiger charge is 2.17. The molecule has 180 valence electrons. The van der Waals surface area contributed by atoms with Gasteiger partial charge in [0.05, 0.1) is 10.6 Å². The molecule has 9 heteroatoms. The molecular weight excluding hydrogens is 477 g/mol. The highest BCUT2D eigenvalue weighted by atomic mass is 35.5. The molecule has 33 heavy (non-hydrogen) atoms. The first-order chi connectivity index (χ1) is 15.0. The molecule has 6 nitrogen and oxygen atoms in total. The molecule has 1 amide bonds. The Bertz CT molecular complexity index is 1070. The SMILES string of the molecule is CNC(=O)c1cccc2sc(-c3nc(NCCCC4CCN(C)CC4)ncc3C)cc12.Cl.Cl. The summed E-state index contributed by atoms with van der Waals surface area (Å²) in [5, 5.41) is 7.10. The van der Waals surface area contributed by atoms with Gasteiger partial charge in [0.1, 0.15) is 0 Å². The molecule has 0 radical (unpaired) electrons. The third-order valence-electron chi connectivity index (χ3n) is 6.15. The van der Waals surface area contributed by atoms with Crippen molar-refractivity contribution in [2.24, 2.45) is 5.92 Å². The van der Waals surface area contributed by atoms with Gasteiger partial charge in [-0.25, -0.2) is 9.97 Å². The first-order valence-electron chi connectivity index (χ1n) is 11.1. The molecule has 1 saturated heterocycles. The lowest BCUT2D eigenvalue weighted by molar-refractivity contribution is 0.0964. The number of thiophene rings is 1. The van der Waals surface area contributed by atoms with E-state index in [0.717, 1.165) is 45.1 Å². The van der Waals surface area contributed by atoms with Gasteiger partial charge >= 0.3 is 0 Å². The van der Waals surface area contributed by atoms with Gasteiger partial charge in [-0.1, -0.05) is 6.07 Å². The molecule has 0 atom stereocenters. The molecule has 1 fully saturated rings. The second kappa shape index (κ2) is 12.5. The summed E-state index contributed by atoms with van der Waals surface area (Å²) in [5.74, 6) is 1.45. The fourth-order valence-electron chi connectivity index (χ4n) is 4.23. The number of piperidine rings is 1. The Kier molecular flexibility index (Phi) is 10.4. The van der Waals surface area contributed by atoms with Crippen molar-refractivity contribution in [2.75, 3.05) is 39.0 Å². The predicted molar refractivity (Wildman–Crippen MR) is 143 cm³/mol. The van der Waals surface area contributed by atoms with E-state index in [2.05, 4.69) is 39.7 Å². The minimum Gasteiger partial charge on any atom is -0.355 e. The van der Waals surface area contributed by atoms with Crippen LogP contribution in [-0.2, 0) is 0 Å². The second-order valence-corrected chi connectivity index (χ2v) is 9.53. The van der Waals surface area contributed by atoms with Gasteiger partial charge in [-0.15, -0.1) is 36.2 Å². The van der Waals surface area contributed by atoms with Crippen molar-refractivity contribution >= 4 is 58.1 Å². The Morgan fingerprint density at radius 3 is 2.73 bits per heavy atom. The third kappa shape index (κ3) is 6.57. The van der Waals surface area contributed by atoms with Gasteiger partial charge in [-0.2, -0.15) is 0 Å². The van der Waals surface area contributed by atoms with Crippen LogP contribution in [0, 0.1) is 12.8 Å². The van der Waals surface area contributed by atoms with E-state index in [1.165, 1.54) is 32.4 Å². The van der Waals surface area contributed by atoms with Gasteiger partial charge in [0.2, 0.25) is 5.95 Å². The lowest BCUT2D eigenvalue weighted by Gasteiger charge is -2.28. The highest BCUT2D eigenvalue weighted by molar-refractivity contribution is 7.22. The highest BCUT2D eigenvalue weighted by Crippen LogP contribution is 2.36. The number of hydrogen-bond donors (Lipinski definition) is 2. The first kappa shape index (κ1) is 27.3. The number of fused-ring (bicyclic) bond motifs is 1. The fraction of sp³-hybridized carbons (Fsp3) is 0.458. The van der Waals surface area contributed by atoms with Crippen molar-refractivity contribution in [1.29, 1.82) is 0 Å². The summed E-state index contributed by atoms with van der Waals surface area (Å²) in [7, 11) is 3.87. The Hall–Kier alpha value is -1.93. The largest absolute Gasteiger partial charge is 0.355 e. The molecule has 2 aromatic heterocycles. The minimum atomic E-state index is -0.0682. The van der Waals surface area contributed by atoms with E-state index in [-0.39, 0.29) is 30.7 Å². The van der Waals surface area contributed by atoms with Gasteiger partial charge in [0.25, 0.3) is 5.91 Å². The molecule has 1 aliphatic rings. The normalized spacial score (nSPS) is 14.4. The zero-order chi connectivity index (χ0) is 21.8. The van der Waals surface area contributed by atoms with Crippen molar-refractivity contribution in [2.45, 2.75) is 32.6 Å². The predicted octanol–water partition coefficient (Wildman–Crippen LogP) is 5.40. The van der Waals surface area contributed by atoms with Crippen molar-refractivity contribution in [3.63, 3.8) is 0 Å². The Morgan fingerprint density at radius 2 is 2.00 bits per heavy atom. The summed E-state index contributed by atoms with van der Waals surface area (Å²) in [6.45, 7) is 5.37. The van der Waals surface area contributed by atoms with Crippen molar-refractivity contribution < 1.29 is 4.79 Å². The minimum absolute atomic E-state index is 0. The van der Waals surface area contributed by atoms with E-state index < -0.39 is 0 Å². The molecule has 2 N–H and O–H groups in total. The van der Waals surface area contributed by atoms with Crippen molar-refractivity contribution in [1.82, 2.24) is 20.2 Å². The van der Waals surface area contributed by atoms with Gasteiger partial charge in [0.15, 0.2) is 0 Å². The van der Waals surface area contributed by atoms with Crippen LogP contribution in [0.4, 0.5) is 5.95 Å². The maximum Gasteiger partial charge on any atom is 0.251 e. The number of amides is 1. The first-order valence-corrected chi connectivity index (χ1v) is 11.9. The van der Waals surface area contributed by atoms with E-state index in [4.69, 9.17) is 4.98 Å². The Labute approximate surface area is 212 Å². The number of carbonyl (C=O) groups excluding carboxylic acids is 1. The zero-order valence-corrected chi connectivity index (χ0v) is 21.8. The van der Waals surface area contributed by atoms with E-state index in [0.29, 0.717) is 11.5 Å². The molecule has 3 aromatic rings. The van der Waals surface area contributed by atoms with Crippen LogP contribution in [0.25, 0.3) is 20.7 Å². The second-order valence-electron chi connectivity index (χ2n) is 8.45. The molecule has 4 rings (SSSR count). The summed E-state index contributed by atoms with van der Waals surface area (Å²) in [6, 6.07) is 7.91. The van der Waals surface area contributed by atoms with Crippen LogP contribution < -0.4 is 10.6 Å². The molecule has 0 bridgehead atoms. The summed E-state index contributed by atoms with van der Waals surface area (Å²) in [5.41, 5.74) is 2.66. The number of aryl methyl sites for hydroxylation is 1. The van der Waals surface area contributed by atoms with Crippen LogP contribution >= 0.6 is 36.2 Å². The van der Waals surface area contributed by atoms with Crippen LogP contribution in [0.1, 0.15) is 41.6 Å². The van der Waals surface area contributed by atoms with Crippen LogP contribution in [0.3, 0.4) is 0 Å². The quantitative estimate of drug-likeness (QED) is 0.417. The molecule has 1 aliphatic heterocycles. The third-order valence-corrected chi connectivity index (χ3v) is 7.26. The summed E-state index contributed by atoms with van der Waals surface area (Å²) < 4.78 is 1.08. The van der Waals surface area contributed by atoms with Gasteiger partial charge in [0, 0.05) is 35.4 Å². The summed E-state index contributed by atoms with van der Waals surface area (Å²) >= 11 is 1.66. The van der Waals surface area contributed by atoms with Gasteiger partial charge in [-0.05, 0) is 82.4 Å². The molecule has 3 heterocycles. The average molecular weight is 511 g/mol.